The van der Waals surface area contributed by atoms with Crippen molar-refractivity contribution in [1.29, 1.82) is 0 Å². The van der Waals surface area contributed by atoms with E-state index in [9.17, 15) is 18.5 Å². The number of thioether (sulfide) groups is 1. The van der Waals surface area contributed by atoms with Gasteiger partial charge < -0.3 is 0 Å². The van der Waals surface area contributed by atoms with Gasteiger partial charge in [-0.1, -0.05) is 11.6 Å². The van der Waals surface area contributed by atoms with Crippen molar-refractivity contribution in [2.75, 3.05) is 12.3 Å². The zero-order chi connectivity index (χ0) is 15.6. The van der Waals surface area contributed by atoms with Crippen LogP contribution in [-0.2, 0) is 10.0 Å². The van der Waals surface area contributed by atoms with Gasteiger partial charge in [0.1, 0.15) is 5.02 Å². The summed E-state index contributed by atoms with van der Waals surface area (Å²) in [5.41, 5.74) is -0.0185. The van der Waals surface area contributed by atoms with Crippen LogP contribution in [0.2, 0.25) is 5.02 Å². The third-order valence-electron chi connectivity index (χ3n) is 3.26. The van der Waals surface area contributed by atoms with Crippen LogP contribution in [0.3, 0.4) is 0 Å². The fourth-order valence-corrected chi connectivity index (χ4v) is 5.08. The van der Waals surface area contributed by atoms with Crippen LogP contribution in [0, 0.1) is 17.0 Å². The number of aryl methyl sites for hydroxylation is 1. The fraction of sp³-hybridized carbons (Fsp3) is 0.500. The van der Waals surface area contributed by atoms with E-state index in [1.165, 1.54) is 6.07 Å². The summed E-state index contributed by atoms with van der Waals surface area (Å²) in [5.74, 6) is 1.04. The summed E-state index contributed by atoms with van der Waals surface area (Å²) in [5, 5.41) is 11.1. The van der Waals surface area contributed by atoms with Crippen molar-refractivity contribution in [1.82, 2.24) is 4.72 Å². The molecule has 0 aromatic heterocycles. The van der Waals surface area contributed by atoms with E-state index in [1.54, 1.807) is 18.7 Å². The van der Waals surface area contributed by atoms with Crippen LogP contribution in [0.5, 0.6) is 0 Å². The van der Waals surface area contributed by atoms with Crippen molar-refractivity contribution in [2.24, 2.45) is 0 Å². The molecule has 1 heterocycles. The van der Waals surface area contributed by atoms with E-state index >= 15 is 0 Å². The lowest BCUT2D eigenvalue weighted by molar-refractivity contribution is -0.384. The normalized spacial score (nSPS) is 18.9. The lowest BCUT2D eigenvalue weighted by Crippen LogP contribution is -2.30. The zero-order valence-electron chi connectivity index (χ0n) is 11.3. The van der Waals surface area contributed by atoms with Gasteiger partial charge in [0.05, 0.1) is 9.82 Å². The Hall–Kier alpha value is -0.830. The summed E-state index contributed by atoms with van der Waals surface area (Å²) in [6, 6.07) is 2.32. The minimum absolute atomic E-state index is 0.0669. The molecule has 21 heavy (non-hydrogen) atoms. The first-order valence-corrected chi connectivity index (χ1v) is 9.28. The number of hydrogen-bond donors (Lipinski definition) is 1. The summed E-state index contributed by atoms with van der Waals surface area (Å²) >= 11 is 7.50. The molecule has 0 aliphatic carbocycles. The third kappa shape index (κ3) is 3.88. The van der Waals surface area contributed by atoms with Gasteiger partial charge in [0, 0.05) is 17.9 Å². The van der Waals surface area contributed by atoms with E-state index in [0.29, 0.717) is 12.1 Å². The molecule has 1 aromatic carbocycles. The molecule has 0 radical (unpaired) electrons. The molecule has 9 heteroatoms. The minimum Gasteiger partial charge on any atom is -0.258 e. The predicted molar refractivity (Wildman–Crippen MR) is 83.5 cm³/mol. The highest BCUT2D eigenvalue weighted by Crippen LogP contribution is 2.30. The van der Waals surface area contributed by atoms with Gasteiger partial charge in [-0.3, -0.25) is 10.1 Å². The second kappa shape index (κ2) is 6.51. The number of rotatable bonds is 5. The maximum atomic E-state index is 12.3. The first-order valence-electron chi connectivity index (χ1n) is 6.37. The number of benzene rings is 1. The second-order valence-electron chi connectivity index (χ2n) is 4.81. The van der Waals surface area contributed by atoms with Crippen LogP contribution >= 0.6 is 23.4 Å². The number of nitrogens with one attached hydrogen (secondary N) is 1. The van der Waals surface area contributed by atoms with Gasteiger partial charge in [0.25, 0.3) is 5.69 Å². The number of hydrogen-bond acceptors (Lipinski definition) is 5. The average molecular weight is 351 g/mol. The summed E-state index contributed by atoms with van der Waals surface area (Å²) < 4.78 is 27.1. The number of nitro groups is 1. The monoisotopic (exact) mass is 350 g/mol. The zero-order valence-corrected chi connectivity index (χ0v) is 13.7. The van der Waals surface area contributed by atoms with Crippen LogP contribution in [-0.4, -0.2) is 30.9 Å². The van der Waals surface area contributed by atoms with Crippen LogP contribution in [0.4, 0.5) is 5.69 Å². The first kappa shape index (κ1) is 16.5. The van der Waals surface area contributed by atoms with Crippen molar-refractivity contribution in [2.45, 2.75) is 29.9 Å². The van der Waals surface area contributed by atoms with Gasteiger partial charge in [-0.15, -0.1) is 0 Å². The Morgan fingerprint density at radius 3 is 2.81 bits per heavy atom. The molecule has 116 valence electrons. The highest BCUT2D eigenvalue weighted by Gasteiger charge is 2.25. The van der Waals surface area contributed by atoms with E-state index in [2.05, 4.69) is 4.72 Å². The molecule has 2 rings (SSSR count). The van der Waals surface area contributed by atoms with E-state index in [1.807, 2.05) is 0 Å². The summed E-state index contributed by atoms with van der Waals surface area (Å²) in [6.07, 6.45) is 2.06. The smallest absolute Gasteiger partial charge is 0.258 e. The number of sulfonamides is 1. The van der Waals surface area contributed by atoms with Crippen molar-refractivity contribution < 1.29 is 13.3 Å². The molecule has 1 atom stereocenters. The Kier molecular flexibility index (Phi) is 5.13. The van der Waals surface area contributed by atoms with Gasteiger partial charge in [0.15, 0.2) is 0 Å². The van der Waals surface area contributed by atoms with Gasteiger partial charge >= 0.3 is 0 Å². The molecule has 6 nitrogen and oxygen atoms in total. The predicted octanol–water partition coefficient (Wildman–Crippen LogP) is 2.73. The molecule has 0 saturated carbocycles. The Morgan fingerprint density at radius 2 is 2.24 bits per heavy atom. The molecule has 1 unspecified atom stereocenters. The Labute approximate surface area is 132 Å². The Balaban J connectivity index is 2.26. The van der Waals surface area contributed by atoms with Crippen LogP contribution in [0.1, 0.15) is 18.4 Å². The van der Waals surface area contributed by atoms with E-state index in [-0.39, 0.29) is 15.2 Å². The molecule has 1 aliphatic heterocycles. The van der Waals surface area contributed by atoms with Crippen molar-refractivity contribution in [3.63, 3.8) is 0 Å². The minimum atomic E-state index is -3.78. The first-order chi connectivity index (χ1) is 9.81. The summed E-state index contributed by atoms with van der Waals surface area (Å²) in [7, 11) is -3.78. The van der Waals surface area contributed by atoms with Gasteiger partial charge in [-0.2, -0.15) is 11.8 Å². The van der Waals surface area contributed by atoms with Crippen molar-refractivity contribution in [3.8, 4) is 0 Å². The van der Waals surface area contributed by atoms with E-state index < -0.39 is 20.6 Å². The average Bonchev–Trinajstić information content (AvgIpc) is 2.88. The molecular weight excluding hydrogens is 336 g/mol. The molecule has 1 fully saturated rings. The molecule has 0 amide bonds. The van der Waals surface area contributed by atoms with Crippen molar-refractivity contribution in [3.05, 3.63) is 32.8 Å². The summed E-state index contributed by atoms with van der Waals surface area (Å²) in [6.45, 7) is 1.90. The lowest BCUT2D eigenvalue weighted by Gasteiger charge is -2.12. The highest BCUT2D eigenvalue weighted by atomic mass is 35.5. The number of nitrogens with zero attached hydrogens (tertiary/aromatic N) is 1. The van der Waals surface area contributed by atoms with Gasteiger partial charge in [-0.05, 0) is 37.1 Å². The number of nitro benzene ring substituents is 1. The van der Waals surface area contributed by atoms with Crippen LogP contribution in [0.15, 0.2) is 17.0 Å². The Bertz CT molecular complexity index is 657. The quantitative estimate of drug-likeness (QED) is 0.651. The van der Waals surface area contributed by atoms with Crippen LogP contribution < -0.4 is 4.72 Å². The Morgan fingerprint density at radius 1 is 1.52 bits per heavy atom. The largest absolute Gasteiger partial charge is 0.289 e. The standard InChI is InChI=1S/C12H15ClN2O4S2/c1-8-5-10(13)11(15(16)17)6-12(8)21(18,19)14-7-9-3-2-4-20-9/h5-6,9,14H,2-4,7H2,1H3. The van der Waals surface area contributed by atoms with Gasteiger partial charge in [0.2, 0.25) is 10.0 Å². The maximum absolute atomic E-state index is 12.3. The van der Waals surface area contributed by atoms with Crippen LogP contribution in [0.25, 0.3) is 0 Å². The SMILES string of the molecule is Cc1cc(Cl)c([N+](=O)[O-])cc1S(=O)(=O)NCC1CCCS1. The molecule has 1 saturated heterocycles. The van der Waals surface area contributed by atoms with E-state index in [4.69, 9.17) is 11.6 Å². The topological polar surface area (TPSA) is 89.3 Å². The summed E-state index contributed by atoms with van der Waals surface area (Å²) in [4.78, 5) is 10.1. The fourth-order valence-electron chi connectivity index (χ4n) is 2.16. The van der Waals surface area contributed by atoms with E-state index in [0.717, 1.165) is 24.7 Å². The molecule has 0 bridgehead atoms. The second-order valence-corrected chi connectivity index (χ2v) is 8.36. The highest BCUT2D eigenvalue weighted by molar-refractivity contribution is 8.00. The molecule has 1 aliphatic rings. The third-order valence-corrected chi connectivity index (χ3v) is 6.52. The van der Waals surface area contributed by atoms with Crippen molar-refractivity contribution >= 4 is 39.1 Å². The molecule has 1 N–H and O–H groups in total. The molecular formula is C12H15ClN2O4S2. The molecule has 0 spiro atoms. The lowest BCUT2D eigenvalue weighted by atomic mass is 10.2. The molecule has 1 aromatic rings. The van der Waals surface area contributed by atoms with Gasteiger partial charge in [-0.25, -0.2) is 13.1 Å². The maximum Gasteiger partial charge on any atom is 0.289 e. The number of halogens is 1.